The van der Waals surface area contributed by atoms with Gasteiger partial charge in [-0.25, -0.2) is 8.78 Å². The Bertz CT molecular complexity index is 367. The summed E-state index contributed by atoms with van der Waals surface area (Å²) in [5.41, 5.74) is 6.03. The van der Waals surface area contributed by atoms with Crippen LogP contribution in [0.15, 0.2) is 6.20 Å². The van der Waals surface area contributed by atoms with Gasteiger partial charge in [0, 0.05) is 24.3 Å². The predicted octanol–water partition coefficient (Wildman–Crippen LogP) is 2.48. The lowest BCUT2D eigenvalue weighted by Crippen LogP contribution is -2.39. The molecule has 2 N–H and O–H groups in total. The molecule has 0 bridgehead atoms. The molecule has 1 fully saturated rings. The Balaban J connectivity index is 2.37. The third-order valence-electron chi connectivity index (χ3n) is 3.35. The third kappa shape index (κ3) is 1.96. The standard InChI is InChI=1S/C11H17F2N3/c1-16-7-8(9(15-16)10(12)13)11(14)5-3-2-4-6-11/h7,10H,2-6,14H2,1H3. The van der Waals surface area contributed by atoms with E-state index in [1.54, 1.807) is 13.2 Å². The molecule has 1 aliphatic rings. The number of aryl methyl sites for hydroxylation is 1. The second-order valence-corrected chi connectivity index (χ2v) is 4.62. The van der Waals surface area contributed by atoms with Gasteiger partial charge in [-0.1, -0.05) is 19.3 Å². The minimum absolute atomic E-state index is 0.146. The highest BCUT2D eigenvalue weighted by molar-refractivity contribution is 5.27. The summed E-state index contributed by atoms with van der Waals surface area (Å²) in [5.74, 6) is 0. The molecule has 1 aliphatic carbocycles. The summed E-state index contributed by atoms with van der Waals surface area (Å²) in [6.07, 6.45) is 3.81. The van der Waals surface area contributed by atoms with Crippen LogP contribution in [0.3, 0.4) is 0 Å². The highest BCUT2D eigenvalue weighted by Gasteiger charge is 2.35. The molecule has 0 amide bonds. The molecule has 3 nitrogen and oxygen atoms in total. The number of hydrogen-bond acceptors (Lipinski definition) is 2. The fraction of sp³-hybridized carbons (Fsp3) is 0.727. The first-order chi connectivity index (χ1) is 7.53. The lowest BCUT2D eigenvalue weighted by Gasteiger charge is -2.33. The predicted molar refractivity (Wildman–Crippen MR) is 57.1 cm³/mol. The van der Waals surface area contributed by atoms with Crippen molar-refractivity contribution in [3.05, 3.63) is 17.5 Å². The second kappa shape index (κ2) is 4.13. The Hall–Kier alpha value is -0.970. The van der Waals surface area contributed by atoms with E-state index in [4.69, 9.17) is 5.73 Å². The van der Waals surface area contributed by atoms with E-state index in [-0.39, 0.29) is 5.69 Å². The smallest absolute Gasteiger partial charge is 0.282 e. The van der Waals surface area contributed by atoms with Crippen LogP contribution in [0, 0.1) is 0 Å². The third-order valence-corrected chi connectivity index (χ3v) is 3.35. The van der Waals surface area contributed by atoms with Gasteiger partial charge < -0.3 is 5.73 Å². The first-order valence-electron chi connectivity index (χ1n) is 5.64. The zero-order valence-corrected chi connectivity index (χ0v) is 9.42. The molecule has 0 unspecified atom stereocenters. The van der Waals surface area contributed by atoms with Crippen molar-refractivity contribution in [2.45, 2.75) is 44.1 Å². The molecule has 0 aliphatic heterocycles. The maximum Gasteiger partial charge on any atom is 0.282 e. The van der Waals surface area contributed by atoms with Crippen LogP contribution in [0.1, 0.15) is 49.8 Å². The highest BCUT2D eigenvalue weighted by atomic mass is 19.3. The Kier molecular flexibility index (Phi) is 2.97. The van der Waals surface area contributed by atoms with Crippen LogP contribution in [-0.4, -0.2) is 9.78 Å². The van der Waals surface area contributed by atoms with Gasteiger partial charge in [-0.15, -0.1) is 0 Å². The molecule has 2 rings (SSSR count). The van der Waals surface area contributed by atoms with Crippen molar-refractivity contribution >= 4 is 0 Å². The van der Waals surface area contributed by atoms with Gasteiger partial charge >= 0.3 is 0 Å². The molecule has 1 aromatic heterocycles. The molecule has 0 saturated heterocycles. The van der Waals surface area contributed by atoms with Gasteiger partial charge in [0.05, 0.1) is 0 Å². The molecule has 0 aromatic carbocycles. The van der Waals surface area contributed by atoms with E-state index in [2.05, 4.69) is 5.10 Å². The average Bonchev–Trinajstić information content (AvgIpc) is 2.62. The van der Waals surface area contributed by atoms with Gasteiger partial charge in [0.25, 0.3) is 6.43 Å². The van der Waals surface area contributed by atoms with Crippen LogP contribution < -0.4 is 5.73 Å². The number of nitrogens with two attached hydrogens (primary N) is 1. The van der Waals surface area contributed by atoms with Crippen LogP contribution >= 0.6 is 0 Å². The summed E-state index contributed by atoms with van der Waals surface area (Å²) >= 11 is 0. The Labute approximate surface area is 93.6 Å². The van der Waals surface area contributed by atoms with Gasteiger partial charge in [-0.3, -0.25) is 4.68 Å². The summed E-state index contributed by atoms with van der Waals surface area (Å²) in [6.45, 7) is 0. The van der Waals surface area contributed by atoms with E-state index in [9.17, 15) is 8.78 Å². The lowest BCUT2D eigenvalue weighted by molar-refractivity contribution is 0.140. The van der Waals surface area contributed by atoms with E-state index in [1.807, 2.05) is 0 Å². The van der Waals surface area contributed by atoms with Gasteiger partial charge in [0.15, 0.2) is 0 Å². The van der Waals surface area contributed by atoms with Crippen LogP contribution in [0.2, 0.25) is 0 Å². The molecule has 16 heavy (non-hydrogen) atoms. The number of rotatable bonds is 2. The molecule has 1 saturated carbocycles. The summed E-state index contributed by atoms with van der Waals surface area (Å²) < 4.78 is 27.1. The summed E-state index contributed by atoms with van der Waals surface area (Å²) in [7, 11) is 1.65. The van der Waals surface area contributed by atoms with Gasteiger partial charge in [-0.05, 0) is 12.8 Å². The zero-order chi connectivity index (χ0) is 11.8. The molecule has 1 aromatic rings. The first-order valence-corrected chi connectivity index (χ1v) is 5.64. The van der Waals surface area contributed by atoms with Crippen molar-refractivity contribution in [2.24, 2.45) is 12.8 Å². The molecule has 5 heteroatoms. The number of halogens is 2. The van der Waals surface area contributed by atoms with Crippen molar-refractivity contribution in [1.82, 2.24) is 9.78 Å². The van der Waals surface area contributed by atoms with E-state index in [0.29, 0.717) is 5.56 Å². The van der Waals surface area contributed by atoms with Crippen molar-refractivity contribution in [2.75, 3.05) is 0 Å². The first kappa shape index (κ1) is 11.5. The molecule has 0 atom stereocenters. The quantitative estimate of drug-likeness (QED) is 0.846. The largest absolute Gasteiger partial charge is 0.321 e. The maximum atomic E-state index is 12.8. The monoisotopic (exact) mass is 229 g/mol. The Morgan fingerprint density at radius 3 is 2.56 bits per heavy atom. The highest BCUT2D eigenvalue weighted by Crippen LogP contribution is 2.38. The van der Waals surface area contributed by atoms with E-state index < -0.39 is 12.0 Å². The second-order valence-electron chi connectivity index (χ2n) is 4.62. The summed E-state index contributed by atoms with van der Waals surface area (Å²) in [4.78, 5) is 0. The van der Waals surface area contributed by atoms with Crippen LogP contribution in [0.25, 0.3) is 0 Å². The Morgan fingerprint density at radius 1 is 1.38 bits per heavy atom. The van der Waals surface area contributed by atoms with Gasteiger partial charge in [0.1, 0.15) is 5.69 Å². The zero-order valence-electron chi connectivity index (χ0n) is 9.42. The van der Waals surface area contributed by atoms with Crippen molar-refractivity contribution in [3.8, 4) is 0 Å². The van der Waals surface area contributed by atoms with Gasteiger partial charge in [0.2, 0.25) is 0 Å². The van der Waals surface area contributed by atoms with Crippen LogP contribution in [-0.2, 0) is 12.6 Å². The maximum absolute atomic E-state index is 12.8. The van der Waals surface area contributed by atoms with E-state index >= 15 is 0 Å². The summed E-state index contributed by atoms with van der Waals surface area (Å²) in [5, 5.41) is 3.82. The number of hydrogen-bond donors (Lipinski definition) is 1. The number of alkyl halides is 2. The molecule has 90 valence electrons. The summed E-state index contributed by atoms with van der Waals surface area (Å²) in [6, 6.07) is 0. The molecule has 0 spiro atoms. The van der Waals surface area contributed by atoms with Gasteiger partial charge in [-0.2, -0.15) is 5.10 Å². The van der Waals surface area contributed by atoms with Crippen molar-refractivity contribution in [1.29, 1.82) is 0 Å². The molecular formula is C11H17F2N3. The van der Waals surface area contributed by atoms with Crippen LogP contribution in [0.5, 0.6) is 0 Å². The average molecular weight is 229 g/mol. The molecular weight excluding hydrogens is 212 g/mol. The van der Waals surface area contributed by atoms with Crippen molar-refractivity contribution in [3.63, 3.8) is 0 Å². The van der Waals surface area contributed by atoms with Crippen LogP contribution in [0.4, 0.5) is 8.78 Å². The number of aromatic nitrogens is 2. The fourth-order valence-electron chi connectivity index (χ4n) is 2.50. The SMILES string of the molecule is Cn1cc(C2(N)CCCCC2)c(C(F)F)n1. The Morgan fingerprint density at radius 2 is 2.00 bits per heavy atom. The lowest BCUT2D eigenvalue weighted by atomic mass is 9.77. The topological polar surface area (TPSA) is 43.8 Å². The minimum Gasteiger partial charge on any atom is -0.321 e. The van der Waals surface area contributed by atoms with Crippen molar-refractivity contribution < 1.29 is 8.78 Å². The molecule has 0 radical (unpaired) electrons. The fourth-order valence-corrected chi connectivity index (χ4v) is 2.50. The number of nitrogens with zero attached hydrogens (tertiary/aromatic N) is 2. The normalized spacial score (nSPS) is 20.3. The minimum atomic E-state index is -2.54. The van der Waals surface area contributed by atoms with E-state index in [1.165, 1.54) is 4.68 Å². The van der Waals surface area contributed by atoms with E-state index in [0.717, 1.165) is 32.1 Å². The molecule has 1 heterocycles.